The second-order valence-electron chi connectivity index (χ2n) is 4.67. The maximum absolute atomic E-state index is 14.0. The monoisotopic (exact) mass is 289 g/mol. The highest BCUT2D eigenvalue weighted by molar-refractivity contribution is 5.35. The Bertz CT molecular complexity index is 546. The van der Waals surface area contributed by atoms with E-state index in [-0.39, 0.29) is 5.82 Å². The fraction of sp³-hybridized carbons (Fsp3) is 0.294. The molecule has 2 rings (SSSR count). The summed E-state index contributed by atoms with van der Waals surface area (Å²) in [6, 6.07) is 14.7. The first-order valence-electron chi connectivity index (χ1n) is 6.95. The zero-order valence-electron chi connectivity index (χ0n) is 12.1. The van der Waals surface area contributed by atoms with Gasteiger partial charge < -0.3 is 14.8 Å². The third-order valence-electron chi connectivity index (χ3n) is 3.07. The summed E-state index contributed by atoms with van der Waals surface area (Å²) in [5.74, 6) is -0.0248. The third kappa shape index (κ3) is 4.85. The number of hydrogen-bond donors (Lipinski definition) is 1. The van der Waals surface area contributed by atoms with Crippen molar-refractivity contribution in [3.63, 3.8) is 0 Å². The van der Waals surface area contributed by atoms with Crippen LogP contribution in [-0.4, -0.2) is 20.3 Å². The van der Waals surface area contributed by atoms with E-state index < -0.39 is 0 Å². The number of nitrogens with one attached hydrogen (secondary N) is 1. The van der Waals surface area contributed by atoms with Gasteiger partial charge in [-0.15, -0.1) is 0 Å². The van der Waals surface area contributed by atoms with Crippen LogP contribution in [0.3, 0.4) is 0 Å². The highest BCUT2D eigenvalue weighted by Crippen LogP contribution is 2.23. The van der Waals surface area contributed by atoms with Crippen molar-refractivity contribution in [1.29, 1.82) is 0 Å². The van der Waals surface area contributed by atoms with Crippen molar-refractivity contribution in [1.82, 2.24) is 5.32 Å². The number of hydrogen-bond acceptors (Lipinski definition) is 3. The Hall–Kier alpha value is -1.91. The van der Waals surface area contributed by atoms with Crippen molar-refractivity contribution in [3.05, 3.63) is 65.5 Å². The maximum Gasteiger partial charge on any atom is 0.165 e. The van der Waals surface area contributed by atoms with Gasteiger partial charge in [0, 0.05) is 25.8 Å². The van der Waals surface area contributed by atoms with Gasteiger partial charge in [-0.2, -0.15) is 0 Å². The maximum atomic E-state index is 14.0. The van der Waals surface area contributed by atoms with E-state index in [4.69, 9.17) is 9.47 Å². The van der Waals surface area contributed by atoms with Crippen LogP contribution in [0.2, 0.25) is 0 Å². The lowest BCUT2D eigenvalue weighted by atomic mass is 10.2. The Morgan fingerprint density at radius 3 is 2.62 bits per heavy atom. The lowest BCUT2D eigenvalue weighted by Crippen LogP contribution is -2.19. The van der Waals surface area contributed by atoms with E-state index in [0.29, 0.717) is 32.1 Å². The molecule has 0 saturated carbocycles. The molecule has 3 nitrogen and oxygen atoms in total. The van der Waals surface area contributed by atoms with Gasteiger partial charge in [0.15, 0.2) is 11.6 Å². The average Bonchev–Trinajstić information content (AvgIpc) is 2.52. The van der Waals surface area contributed by atoms with E-state index >= 15 is 0 Å². The third-order valence-corrected chi connectivity index (χ3v) is 3.07. The van der Waals surface area contributed by atoms with Crippen molar-refractivity contribution in [2.75, 3.05) is 20.3 Å². The van der Waals surface area contributed by atoms with Gasteiger partial charge in [0.25, 0.3) is 0 Å². The van der Waals surface area contributed by atoms with Gasteiger partial charge in [-0.3, -0.25) is 0 Å². The summed E-state index contributed by atoms with van der Waals surface area (Å²) >= 11 is 0. The summed E-state index contributed by atoms with van der Waals surface area (Å²) in [4.78, 5) is 0. The molecule has 0 unspecified atom stereocenters. The van der Waals surface area contributed by atoms with E-state index in [9.17, 15) is 4.39 Å². The van der Waals surface area contributed by atoms with Gasteiger partial charge in [0.1, 0.15) is 6.61 Å². The minimum Gasteiger partial charge on any atom is -0.485 e. The minimum absolute atomic E-state index is 0.311. The predicted molar refractivity (Wildman–Crippen MR) is 80.8 cm³/mol. The zero-order valence-corrected chi connectivity index (χ0v) is 12.1. The minimum atomic E-state index is -0.336. The van der Waals surface area contributed by atoms with Gasteiger partial charge in [-0.25, -0.2) is 4.39 Å². The molecule has 112 valence electrons. The van der Waals surface area contributed by atoms with Crippen LogP contribution in [0, 0.1) is 5.82 Å². The van der Waals surface area contributed by atoms with E-state index in [1.807, 2.05) is 36.4 Å². The predicted octanol–water partition coefficient (Wildman–Crippen LogP) is 3.14. The fourth-order valence-corrected chi connectivity index (χ4v) is 1.98. The standard InChI is InChI=1S/C17H20FNO2/c1-20-11-10-19-12-15-8-5-9-16(18)17(15)21-13-14-6-3-2-4-7-14/h2-9,19H,10-13H2,1H3. The summed E-state index contributed by atoms with van der Waals surface area (Å²) in [5, 5.41) is 3.20. The molecule has 0 atom stereocenters. The first-order valence-corrected chi connectivity index (χ1v) is 6.95. The Morgan fingerprint density at radius 2 is 1.86 bits per heavy atom. The van der Waals surface area contributed by atoms with Crippen LogP contribution in [-0.2, 0) is 17.9 Å². The normalized spacial score (nSPS) is 10.6. The SMILES string of the molecule is COCCNCc1cccc(F)c1OCc1ccccc1. The number of benzene rings is 2. The van der Waals surface area contributed by atoms with Crippen LogP contribution in [0.4, 0.5) is 4.39 Å². The number of methoxy groups -OCH3 is 1. The molecule has 21 heavy (non-hydrogen) atoms. The quantitative estimate of drug-likeness (QED) is 0.757. The molecule has 0 aliphatic heterocycles. The van der Waals surface area contributed by atoms with Crippen LogP contribution in [0.15, 0.2) is 48.5 Å². The van der Waals surface area contributed by atoms with Gasteiger partial charge >= 0.3 is 0 Å². The van der Waals surface area contributed by atoms with Crippen molar-refractivity contribution >= 4 is 0 Å². The van der Waals surface area contributed by atoms with Crippen LogP contribution < -0.4 is 10.1 Å². The lowest BCUT2D eigenvalue weighted by Gasteiger charge is -2.13. The lowest BCUT2D eigenvalue weighted by molar-refractivity contribution is 0.199. The van der Waals surface area contributed by atoms with Crippen LogP contribution >= 0.6 is 0 Å². The Labute approximate surface area is 124 Å². The zero-order chi connectivity index (χ0) is 14.9. The van der Waals surface area contributed by atoms with E-state index in [1.165, 1.54) is 6.07 Å². The molecule has 4 heteroatoms. The van der Waals surface area contributed by atoms with Crippen molar-refractivity contribution in [2.24, 2.45) is 0 Å². The van der Waals surface area contributed by atoms with Gasteiger partial charge in [-0.05, 0) is 11.6 Å². The molecule has 0 heterocycles. The second kappa shape index (κ2) is 8.39. The largest absolute Gasteiger partial charge is 0.485 e. The van der Waals surface area contributed by atoms with Crippen LogP contribution in [0.25, 0.3) is 0 Å². The van der Waals surface area contributed by atoms with Crippen LogP contribution in [0.1, 0.15) is 11.1 Å². The van der Waals surface area contributed by atoms with E-state index in [2.05, 4.69) is 5.32 Å². The number of para-hydroxylation sites is 1. The molecule has 2 aromatic carbocycles. The average molecular weight is 289 g/mol. The number of halogens is 1. The molecule has 0 aliphatic carbocycles. The molecule has 1 N–H and O–H groups in total. The first kappa shape index (κ1) is 15.5. The summed E-state index contributed by atoms with van der Waals surface area (Å²) in [5.41, 5.74) is 1.82. The van der Waals surface area contributed by atoms with Crippen molar-refractivity contribution in [2.45, 2.75) is 13.2 Å². The molecule has 0 aromatic heterocycles. The number of rotatable bonds is 8. The Kier molecular flexibility index (Phi) is 6.19. The van der Waals surface area contributed by atoms with Crippen molar-refractivity contribution < 1.29 is 13.9 Å². The summed E-state index contributed by atoms with van der Waals surface area (Å²) in [6.45, 7) is 2.23. The molecule has 0 bridgehead atoms. The van der Waals surface area contributed by atoms with Crippen LogP contribution in [0.5, 0.6) is 5.75 Å². The summed E-state index contributed by atoms with van der Waals surface area (Å²) < 4.78 is 24.6. The molecule has 0 spiro atoms. The Morgan fingerprint density at radius 1 is 1.05 bits per heavy atom. The highest BCUT2D eigenvalue weighted by atomic mass is 19.1. The van der Waals surface area contributed by atoms with E-state index in [0.717, 1.165) is 11.1 Å². The molecule has 0 saturated heterocycles. The summed E-state index contributed by atoms with van der Waals surface area (Å²) in [7, 11) is 1.65. The molecular weight excluding hydrogens is 269 g/mol. The first-order chi connectivity index (χ1) is 10.3. The topological polar surface area (TPSA) is 30.5 Å². The Balaban J connectivity index is 2.00. The molecule has 0 amide bonds. The summed E-state index contributed by atoms with van der Waals surface area (Å²) in [6.07, 6.45) is 0. The molecule has 0 aliphatic rings. The smallest absolute Gasteiger partial charge is 0.165 e. The molecule has 2 aromatic rings. The highest BCUT2D eigenvalue weighted by Gasteiger charge is 2.09. The van der Waals surface area contributed by atoms with Crippen molar-refractivity contribution in [3.8, 4) is 5.75 Å². The van der Waals surface area contributed by atoms with Gasteiger partial charge in [-0.1, -0.05) is 42.5 Å². The molecule has 0 fully saturated rings. The second-order valence-corrected chi connectivity index (χ2v) is 4.67. The molecular formula is C17H20FNO2. The number of ether oxygens (including phenoxy) is 2. The molecule has 0 radical (unpaired) electrons. The van der Waals surface area contributed by atoms with E-state index in [1.54, 1.807) is 13.2 Å². The fourth-order valence-electron chi connectivity index (χ4n) is 1.98. The van der Waals surface area contributed by atoms with Gasteiger partial charge in [0.05, 0.1) is 6.61 Å². The van der Waals surface area contributed by atoms with Gasteiger partial charge in [0.2, 0.25) is 0 Å².